The molecule has 1 aromatic rings. The van der Waals surface area contributed by atoms with Crippen molar-refractivity contribution in [1.82, 2.24) is 0 Å². The summed E-state index contributed by atoms with van der Waals surface area (Å²) in [6, 6.07) is 4.26. The van der Waals surface area contributed by atoms with Gasteiger partial charge in [-0.2, -0.15) is 27.8 Å². The molecule has 0 spiro atoms. The molecular formula is C29H42PZr+2. The molecule has 1 aromatic carbocycles. The van der Waals surface area contributed by atoms with E-state index in [9.17, 15) is 0 Å². The minimum atomic E-state index is 0. The molecule has 2 aliphatic rings. The second kappa shape index (κ2) is 13.3. The Morgan fingerprint density at radius 3 is 0.903 bits per heavy atom. The number of hydrogen-bond donors (Lipinski definition) is 0. The first-order valence-corrected chi connectivity index (χ1v) is 11.4. The van der Waals surface area contributed by atoms with Crippen molar-refractivity contribution in [2.75, 3.05) is 0 Å². The molecule has 11 radical (unpaired) electrons. The smallest absolute Gasteiger partial charge is 0.198 e. The van der Waals surface area contributed by atoms with E-state index < -0.39 is 0 Å². The van der Waals surface area contributed by atoms with Crippen LogP contribution in [0.5, 0.6) is 0 Å². The van der Waals surface area contributed by atoms with Gasteiger partial charge in [-0.05, 0) is 59.2 Å². The van der Waals surface area contributed by atoms with Crippen molar-refractivity contribution in [2.45, 2.75) is 83.1 Å². The van der Waals surface area contributed by atoms with E-state index in [1.54, 1.807) is 0 Å². The third-order valence-electron chi connectivity index (χ3n) is 7.24. The number of benzene rings is 1. The van der Waals surface area contributed by atoms with Crippen molar-refractivity contribution in [3.05, 3.63) is 94.9 Å². The Balaban J connectivity index is 0.000000429. The van der Waals surface area contributed by atoms with Gasteiger partial charge in [-0.1, -0.05) is 94.7 Å². The monoisotopic (exact) mass is 511 g/mol. The zero-order valence-electron chi connectivity index (χ0n) is 21.9. The van der Waals surface area contributed by atoms with Gasteiger partial charge in [0.05, 0.1) is 0 Å². The maximum absolute atomic E-state index is 3.92. The molecule has 0 nitrogen and oxygen atoms in total. The summed E-state index contributed by atoms with van der Waals surface area (Å²) >= 11 is 0. The molecule has 3 rings (SSSR count). The van der Waals surface area contributed by atoms with Crippen LogP contribution in [0, 0.1) is 80.0 Å². The summed E-state index contributed by atoms with van der Waals surface area (Å²) in [6.07, 6.45) is 0. The predicted molar refractivity (Wildman–Crippen MR) is 139 cm³/mol. The summed E-state index contributed by atoms with van der Waals surface area (Å²) in [5.41, 5.74) is 3.70. The van der Waals surface area contributed by atoms with Crippen LogP contribution in [0.1, 0.15) is 85.9 Å². The quantitative estimate of drug-likeness (QED) is 0.245. The molecule has 0 aromatic heterocycles. The van der Waals surface area contributed by atoms with E-state index in [0.717, 1.165) is 5.56 Å². The molecule has 31 heavy (non-hydrogen) atoms. The van der Waals surface area contributed by atoms with Crippen molar-refractivity contribution >= 4 is 14.5 Å². The van der Waals surface area contributed by atoms with Gasteiger partial charge in [0.15, 0.2) is 0 Å². The largest absolute Gasteiger partial charge is 3.00 e. The number of rotatable bonds is 0. The van der Waals surface area contributed by atoms with Crippen LogP contribution >= 0.6 is 9.24 Å². The van der Waals surface area contributed by atoms with Gasteiger partial charge in [0.2, 0.25) is 0 Å². The van der Waals surface area contributed by atoms with Crippen molar-refractivity contribution in [3.8, 4) is 0 Å². The molecule has 2 saturated carbocycles. The van der Waals surface area contributed by atoms with Crippen LogP contribution in [0.4, 0.5) is 0 Å². The standard InChI is InChI=1S/2C10H15.C9H12P.Zr/c2*1-6-7(2)9(4)10(5)8(6)3;1-6-4-7(2)9(10)8(3)5-6;/h2*1-5H3;4-5H,2,10H2,1,3H3;/q;;-1;+3. The molecule has 1 unspecified atom stereocenters. The molecule has 0 N–H and O–H groups in total. The van der Waals surface area contributed by atoms with Crippen molar-refractivity contribution < 1.29 is 26.2 Å². The summed E-state index contributed by atoms with van der Waals surface area (Å²) < 4.78 is 0. The van der Waals surface area contributed by atoms with Gasteiger partial charge in [-0.25, -0.2) is 0 Å². The van der Waals surface area contributed by atoms with Crippen LogP contribution in [0.2, 0.25) is 0 Å². The molecule has 1 atom stereocenters. The van der Waals surface area contributed by atoms with Crippen molar-refractivity contribution in [2.24, 2.45) is 0 Å². The van der Waals surface area contributed by atoms with Crippen LogP contribution in [0.3, 0.4) is 0 Å². The van der Waals surface area contributed by atoms with Crippen LogP contribution in [0.15, 0.2) is 12.1 Å². The Kier molecular flexibility index (Phi) is 13.5. The second-order valence-electron chi connectivity index (χ2n) is 8.90. The average molecular weight is 513 g/mol. The van der Waals surface area contributed by atoms with Crippen molar-refractivity contribution in [1.29, 1.82) is 0 Å². The van der Waals surface area contributed by atoms with Crippen LogP contribution in [-0.2, 0) is 26.2 Å². The molecule has 0 heterocycles. The van der Waals surface area contributed by atoms with Gasteiger partial charge < -0.3 is 0 Å². The minimum Gasteiger partial charge on any atom is -0.198 e. The third-order valence-corrected chi connectivity index (χ3v) is 8.07. The first-order valence-electron chi connectivity index (χ1n) is 10.8. The maximum atomic E-state index is 3.92. The van der Waals surface area contributed by atoms with Crippen LogP contribution in [0.25, 0.3) is 0 Å². The van der Waals surface area contributed by atoms with E-state index in [-0.39, 0.29) is 26.2 Å². The fourth-order valence-corrected chi connectivity index (χ4v) is 4.05. The van der Waals surface area contributed by atoms with E-state index in [1.165, 1.54) is 75.6 Å². The summed E-state index contributed by atoms with van der Waals surface area (Å²) in [7, 11) is 2.70. The van der Waals surface area contributed by atoms with Gasteiger partial charge in [-0.15, -0.1) is 10.9 Å². The van der Waals surface area contributed by atoms with Crippen LogP contribution in [-0.4, -0.2) is 0 Å². The Morgan fingerprint density at radius 1 is 0.484 bits per heavy atom. The van der Waals surface area contributed by atoms with Crippen molar-refractivity contribution in [3.63, 3.8) is 0 Å². The summed E-state index contributed by atoms with van der Waals surface area (Å²) in [5, 5.41) is 1.23. The molecular weight excluding hydrogens is 471 g/mol. The first-order chi connectivity index (χ1) is 13.7. The summed E-state index contributed by atoms with van der Waals surface area (Å²) in [5.74, 6) is 14.7. The van der Waals surface area contributed by atoms with Gasteiger partial charge >= 0.3 is 26.2 Å². The fraction of sp³-hybridized carbons (Fsp3) is 0.414. The topological polar surface area (TPSA) is 0 Å². The van der Waals surface area contributed by atoms with Crippen LogP contribution < -0.4 is 5.30 Å². The Bertz CT molecular complexity index is 526. The predicted octanol–water partition coefficient (Wildman–Crippen LogP) is 7.93. The molecule has 0 amide bonds. The fourth-order valence-electron chi connectivity index (χ4n) is 3.88. The molecule has 0 aliphatic heterocycles. The van der Waals surface area contributed by atoms with E-state index in [4.69, 9.17) is 0 Å². The second-order valence-corrected chi connectivity index (χ2v) is 9.48. The number of aryl methyl sites for hydroxylation is 2. The van der Waals surface area contributed by atoms with Gasteiger partial charge in [0, 0.05) is 0 Å². The minimum absolute atomic E-state index is 0. The molecule has 2 fully saturated rings. The summed E-state index contributed by atoms with van der Waals surface area (Å²) in [4.78, 5) is 0. The van der Waals surface area contributed by atoms with E-state index >= 15 is 0 Å². The van der Waals surface area contributed by atoms with E-state index in [0.29, 0.717) is 0 Å². The Hall–Kier alpha value is 0.403. The molecule has 2 aliphatic carbocycles. The van der Waals surface area contributed by atoms with E-state index in [2.05, 4.69) is 111 Å². The molecule has 0 saturated heterocycles. The molecule has 0 bridgehead atoms. The van der Waals surface area contributed by atoms with E-state index in [1.807, 2.05) is 0 Å². The molecule has 165 valence electrons. The Labute approximate surface area is 217 Å². The first kappa shape index (κ1) is 31.4. The zero-order valence-corrected chi connectivity index (χ0v) is 25.6. The van der Waals surface area contributed by atoms with Gasteiger partial charge in [0.25, 0.3) is 0 Å². The normalized spacial score (nSPS) is 21.6. The zero-order chi connectivity index (χ0) is 23.5. The number of hydrogen-bond acceptors (Lipinski definition) is 0. The molecule has 2 heteroatoms. The maximum Gasteiger partial charge on any atom is 3.00 e. The third kappa shape index (κ3) is 7.71. The van der Waals surface area contributed by atoms with Gasteiger partial charge in [-0.3, -0.25) is 0 Å². The summed E-state index contributed by atoms with van der Waals surface area (Å²) in [6.45, 7) is 30.1. The average Bonchev–Trinajstić information content (AvgIpc) is 2.97. The van der Waals surface area contributed by atoms with Gasteiger partial charge in [0.1, 0.15) is 0 Å². The Morgan fingerprint density at radius 2 is 0.710 bits per heavy atom. The SMILES string of the molecule is C[C]1[C](C)[C](C)[C](C)[C]1C.C[C]1[C](C)[C](C)[C](C)[C]1C.[CH2-]c1cc(C)cc(C)c1P.[Zr+3].